The monoisotopic (exact) mass is 311 g/mol. The lowest BCUT2D eigenvalue weighted by atomic mass is 9.94. The molecular weight excluding hydrogens is 294 g/mol. The number of rotatable bonds is 2. The molecule has 18 heavy (non-hydrogen) atoms. The summed E-state index contributed by atoms with van der Waals surface area (Å²) in [7, 11) is 0. The molecule has 5 heteroatoms. The Bertz CT molecular complexity index is 473. The Morgan fingerprint density at radius 2 is 2.28 bits per heavy atom. The summed E-state index contributed by atoms with van der Waals surface area (Å²) >= 11 is 3.43. The van der Waals surface area contributed by atoms with Crippen molar-refractivity contribution in [3.05, 3.63) is 28.2 Å². The summed E-state index contributed by atoms with van der Waals surface area (Å²) in [6.07, 6.45) is 1.83. The summed E-state index contributed by atoms with van der Waals surface area (Å²) < 4.78 is 0.817. The SMILES string of the molecule is CC1(O)CCCN(c2ccc(C(=N)N)c(Br)c2)C1. The molecule has 0 aromatic heterocycles. The van der Waals surface area contributed by atoms with Crippen LogP contribution in [0.25, 0.3) is 0 Å². The molecule has 1 aromatic carbocycles. The standard InChI is InChI=1S/C13H18BrN3O/c1-13(18)5-2-6-17(8-13)9-3-4-10(12(15)16)11(14)7-9/h3-4,7,18H,2,5-6,8H2,1H3,(H3,15,16). The normalized spacial score (nSPS) is 24.1. The van der Waals surface area contributed by atoms with E-state index in [1.807, 2.05) is 25.1 Å². The number of nitrogen functional groups attached to an aromatic ring is 1. The van der Waals surface area contributed by atoms with Crippen molar-refractivity contribution < 1.29 is 5.11 Å². The number of hydrogen-bond donors (Lipinski definition) is 3. The molecule has 0 bridgehead atoms. The Hall–Kier alpha value is -1.07. The van der Waals surface area contributed by atoms with Crippen molar-refractivity contribution in [2.75, 3.05) is 18.0 Å². The zero-order chi connectivity index (χ0) is 13.3. The largest absolute Gasteiger partial charge is 0.388 e. The quantitative estimate of drug-likeness (QED) is 0.578. The van der Waals surface area contributed by atoms with Crippen molar-refractivity contribution in [2.24, 2.45) is 5.73 Å². The van der Waals surface area contributed by atoms with E-state index in [1.54, 1.807) is 0 Å². The van der Waals surface area contributed by atoms with Crippen LogP contribution in [-0.4, -0.2) is 29.6 Å². The summed E-state index contributed by atoms with van der Waals surface area (Å²) in [5.74, 6) is 0.0547. The van der Waals surface area contributed by atoms with Gasteiger partial charge in [0, 0.05) is 28.8 Å². The van der Waals surface area contributed by atoms with Crippen LogP contribution in [0.3, 0.4) is 0 Å². The molecule has 1 saturated heterocycles. The minimum atomic E-state index is -0.621. The number of nitrogens with zero attached hydrogens (tertiary/aromatic N) is 1. The van der Waals surface area contributed by atoms with Crippen molar-refractivity contribution in [1.82, 2.24) is 0 Å². The van der Waals surface area contributed by atoms with Gasteiger partial charge in [-0.2, -0.15) is 0 Å². The van der Waals surface area contributed by atoms with Crippen molar-refractivity contribution in [3.8, 4) is 0 Å². The van der Waals surface area contributed by atoms with E-state index >= 15 is 0 Å². The van der Waals surface area contributed by atoms with E-state index in [0.29, 0.717) is 12.1 Å². The van der Waals surface area contributed by atoms with Crippen LogP contribution in [0.5, 0.6) is 0 Å². The number of halogens is 1. The average Bonchev–Trinajstić information content (AvgIpc) is 2.27. The van der Waals surface area contributed by atoms with Gasteiger partial charge in [0.1, 0.15) is 5.84 Å². The van der Waals surface area contributed by atoms with Crippen LogP contribution in [0.4, 0.5) is 5.69 Å². The number of nitrogens with one attached hydrogen (secondary N) is 1. The molecule has 1 atom stereocenters. The minimum Gasteiger partial charge on any atom is -0.388 e. The number of amidine groups is 1. The summed E-state index contributed by atoms with van der Waals surface area (Å²) in [5.41, 5.74) is 6.61. The second-order valence-electron chi connectivity index (χ2n) is 5.10. The van der Waals surface area contributed by atoms with Gasteiger partial charge >= 0.3 is 0 Å². The second kappa shape index (κ2) is 4.90. The zero-order valence-electron chi connectivity index (χ0n) is 10.4. The van der Waals surface area contributed by atoms with Crippen LogP contribution in [0.15, 0.2) is 22.7 Å². The van der Waals surface area contributed by atoms with Gasteiger partial charge in [-0.3, -0.25) is 5.41 Å². The Balaban J connectivity index is 2.24. The number of piperidine rings is 1. The Morgan fingerprint density at radius 3 is 2.83 bits per heavy atom. The first kappa shape index (κ1) is 13.4. The van der Waals surface area contributed by atoms with Crippen LogP contribution >= 0.6 is 15.9 Å². The molecule has 0 saturated carbocycles. The second-order valence-corrected chi connectivity index (χ2v) is 5.95. The summed E-state index contributed by atoms with van der Waals surface area (Å²) in [4.78, 5) is 2.16. The molecule has 1 fully saturated rings. The van der Waals surface area contributed by atoms with Crippen molar-refractivity contribution in [2.45, 2.75) is 25.4 Å². The first-order valence-corrected chi connectivity index (χ1v) is 6.80. The van der Waals surface area contributed by atoms with Crippen LogP contribution in [-0.2, 0) is 0 Å². The maximum Gasteiger partial charge on any atom is 0.123 e. The highest BCUT2D eigenvalue weighted by Crippen LogP contribution is 2.29. The van der Waals surface area contributed by atoms with Gasteiger partial charge in [-0.05, 0) is 53.9 Å². The molecule has 4 N–H and O–H groups in total. The van der Waals surface area contributed by atoms with Gasteiger partial charge in [0.2, 0.25) is 0 Å². The molecule has 1 aromatic rings. The van der Waals surface area contributed by atoms with E-state index in [4.69, 9.17) is 11.1 Å². The van der Waals surface area contributed by atoms with E-state index in [2.05, 4.69) is 20.8 Å². The molecule has 1 heterocycles. The van der Waals surface area contributed by atoms with Gasteiger partial charge in [-0.25, -0.2) is 0 Å². The number of hydrogen-bond acceptors (Lipinski definition) is 3. The highest BCUT2D eigenvalue weighted by Gasteiger charge is 2.28. The highest BCUT2D eigenvalue weighted by molar-refractivity contribution is 9.10. The van der Waals surface area contributed by atoms with Gasteiger partial charge in [0.15, 0.2) is 0 Å². The first-order valence-electron chi connectivity index (χ1n) is 6.00. The lowest BCUT2D eigenvalue weighted by Gasteiger charge is -2.38. The van der Waals surface area contributed by atoms with Gasteiger partial charge in [0.25, 0.3) is 0 Å². The van der Waals surface area contributed by atoms with Crippen molar-refractivity contribution >= 4 is 27.5 Å². The van der Waals surface area contributed by atoms with Crippen LogP contribution in [0, 0.1) is 5.41 Å². The molecular formula is C13H18BrN3O. The maximum atomic E-state index is 10.1. The number of β-amino-alcohol motifs (C(OH)–C–C–N with tert-alkyl or cyclic N) is 1. The molecule has 0 spiro atoms. The molecule has 1 aliphatic heterocycles. The Kier molecular flexibility index (Phi) is 3.64. The predicted molar refractivity (Wildman–Crippen MR) is 77.2 cm³/mol. The van der Waals surface area contributed by atoms with E-state index in [-0.39, 0.29) is 5.84 Å². The van der Waals surface area contributed by atoms with Crippen molar-refractivity contribution in [1.29, 1.82) is 5.41 Å². The van der Waals surface area contributed by atoms with E-state index in [1.165, 1.54) is 0 Å². The third kappa shape index (κ3) is 2.84. The molecule has 98 valence electrons. The van der Waals surface area contributed by atoms with E-state index < -0.39 is 5.60 Å². The Labute approximate surface area is 115 Å². The van der Waals surface area contributed by atoms with Crippen LogP contribution in [0.1, 0.15) is 25.3 Å². The number of anilines is 1. The fourth-order valence-electron chi connectivity index (χ4n) is 2.36. The van der Waals surface area contributed by atoms with Crippen LogP contribution < -0.4 is 10.6 Å². The number of benzene rings is 1. The maximum absolute atomic E-state index is 10.1. The van der Waals surface area contributed by atoms with E-state index in [9.17, 15) is 5.11 Å². The molecule has 0 aliphatic carbocycles. The predicted octanol–water partition coefficient (Wildman–Crippen LogP) is 2.08. The molecule has 0 radical (unpaired) electrons. The smallest absolute Gasteiger partial charge is 0.123 e. The third-order valence-electron chi connectivity index (χ3n) is 3.28. The average molecular weight is 312 g/mol. The van der Waals surface area contributed by atoms with Gasteiger partial charge in [-0.1, -0.05) is 0 Å². The molecule has 2 rings (SSSR count). The number of aliphatic hydroxyl groups is 1. The van der Waals surface area contributed by atoms with Crippen molar-refractivity contribution in [3.63, 3.8) is 0 Å². The molecule has 0 amide bonds. The van der Waals surface area contributed by atoms with Gasteiger partial charge in [0.05, 0.1) is 5.60 Å². The Morgan fingerprint density at radius 1 is 1.56 bits per heavy atom. The number of nitrogens with two attached hydrogens (primary N) is 1. The fraction of sp³-hybridized carbons (Fsp3) is 0.462. The summed E-state index contributed by atoms with van der Waals surface area (Å²) in [5, 5.41) is 17.6. The van der Waals surface area contributed by atoms with Gasteiger partial charge in [-0.15, -0.1) is 0 Å². The summed E-state index contributed by atoms with van der Waals surface area (Å²) in [6.45, 7) is 3.46. The third-order valence-corrected chi connectivity index (χ3v) is 3.94. The zero-order valence-corrected chi connectivity index (χ0v) is 12.0. The molecule has 1 aliphatic rings. The lowest BCUT2D eigenvalue weighted by molar-refractivity contribution is 0.0449. The molecule has 1 unspecified atom stereocenters. The minimum absolute atomic E-state index is 0.0547. The highest BCUT2D eigenvalue weighted by atomic mass is 79.9. The van der Waals surface area contributed by atoms with Gasteiger partial charge < -0.3 is 15.7 Å². The summed E-state index contributed by atoms with van der Waals surface area (Å²) in [6, 6.07) is 5.74. The lowest BCUT2D eigenvalue weighted by Crippen LogP contribution is -2.46. The fourth-order valence-corrected chi connectivity index (χ4v) is 2.94. The van der Waals surface area contributed by atoms with E-state index in [0.717, 1.165) is 29.5 Å². The van der Waals surface area contributed by atoms with Crippen LogP contribution in [0.2, 0.25) is 0 Å². The first-order chi connectivity index (χ1) is 8.39. The molecule has 4 nitrogen and oxygen atoms in total. The topological polar surface area (TPSA) is 73.3 Å².